The number of phenolic OH excluding ortho intramolecular Hbond substituents is 1. The number of hydrogen-bond donors (Lipinski definition) is 4. The number of likely N-dealkylation sites (tertiary alicyclic amines) is 1. The molecule has 13 heteroatoms. The minimum atomic E-state index is -0.966. The lowest BCUT2D eigenvalue weighted by molar-refractivity contribution is -0.137. The molecule has 3 aliphatic rings. The van der Waals surface area contributed by atoms with Gasteiger partial charge in [0.05, 0.1) is 16.8 Å². The van der Waals surface area contributed by atoms with Crippen molar-refractivity contribution in [1.29, 1.82) is 0 Å². The number of H-pyrrole nitrogens is 1. The maximum absolute atomic E-state index is 13.0. The van der Waals surface area contributed by atoms with E-state index < -0.39 is 29.7 Å². The molecule has 2 aromatic carbocycles. The first kappa shape index (κ1) is 34.8. The van der Waals surface area contributed by atoms with Gasteiger partial charge in [-0.2, -0.15) is 0 Å². The van der Waals surface area contributed by atoms with Gasteiger partial charge in [0.15, 0.2) is 5.65 Å². The molecule has 5 heterocycles. The molecule has 7 rings (SSSR count). The van der Waals surface area contributed by atoms with Gasteiger partial charge in [0, 0.05) is 60.7 Å². The van der Waals surface area contributed by atoms with Crippen LogP contribution in [-0.4, -0.2) is 85.3 Å². The largest absolute Gasteiger partial charge is 0.507 e. The summed E-state index contributed by atoms with van der Waals surface area (Å²) in [5.41, 5.74) is 4.32. The quantitative estimate of drug-likeness (QED) is 0.0947. The molecule has 2 fully saturated rings. The molecule has 5 amide bonds. The molecule has 2 aromatic heterocycles. The van der Waals surface area contributed by atoms with E-state index in [1.807, 2.05) is 23.1 Å². The summed E-state index contributed by atoms with van der Waals surface area (Å²) in [6.45, 7) is 2.15. The molecular weight excluding hydrogens is 662 g/mol. The lowest BCUT2D eigenvalue weighted by atomic mass is 9.95. The Balaban J connectivity index is 0.736. The van der Waals surface area contributed by atoms with Crippen LogP contribution in [0.25, 0.3) is 22.3 Å². The van der Waals surface area contributed by atoms with Gasteiger partial charge in [-0.3, -0.25) is 34.2 Å². The highest BCUT2D eigenvalue weighted by molar-refractivity contribution is 6.23. The number of aromatic amines is 1. The van der Waals surface area contributed by atoms with Crippen molar-refractivity contribution < 1.29 is 29.1 Å². The number of carbonyl (C=O) groups is 5. The number of aromatic nitrogens is 3. The molecule has 3 aliphatic heterocycles. The number of para-hydroxylation sites is 1. The van der Waals surface area contributed by atoms with Gasteiger partial charge in [0.2, 0.25) is 17.7 Å². The van der Waals surface area contributed by atoms with E-state index >= 15 is 0 Å². The first-order valence-electron chi connectivity index (χ1n) is 18.3. The minimum Gasteiger partial charge on any atom is -0.507 e. The number of benzene rings is 2. The third-order valence-electron chi connectivity index (χ3n) is 10.3. The van der Waals surface area contributed by atoms with Crippen LogP contribution in [0.1, 0.15) is 103 Å². The van der Waals surface area contributed by atoms with E-state index in [9.17, 15) is 29.1 Å². The molecule has 0 aliphatic carbocycles. The summed E-state index contributed by atoms with van der Waals surface area (Å²) < 4.78 is 0. The van der Waals surface area contributed by atoms with Crippen molar-refractivity contribution in [3.8, 4) is 17.0 Å². The van der Waals surface area contributed by atoms with Crippen molar-refractivity contribution in [3.63, 3.8) is 0 Å². The lowest BCUT2D eigenvalue weighted by Gasteiger charge is -2.39. The van der Waals surface area contributed by atoms with E-state index in [0.717, 1.165) is 79.6 Å². The minimum absolute atomic E-state index is 0.0927. The number of anilines is 1. The highest BCUT2D eigenvalue weighted by atomic mass is 16.3. The second-order valence-electron chi connectivity index (χ2n) is 14.0. The number of aromatic hydroxyl groups is 1. The third kappa shape index (κ3) is 7.39. The molecule has 1 atom stereocenters. The molecule has 270 valence electrons. The van der Waals surface area contributed by atoms with Crippen LogP contribution in [0.15, 0.2) is 54.6 Å². The van der Waals surface area contributed by atoms with E-state index in [2.05, 4.69) is 31.9 Å². The smallest absolute Gasteiger partial charge is 0.262 e. The van der Waals surface area contributed by atoms with Crippen LogP contribution in [0.4, 0.5) is 5.69 Å². The number of nitrogens with one attached hydrogen (secondary N) is 3. The normalized spacial score (nSPS) is 17.4. The van der Waals surface area contributed by atoms with Crippen molar-refractivity contribution in [1.82, 2.24) is 30.3 Å². The topological polar surface area (TPSA) is 178 Å². The number of phenols is 1. The summed E-state index contributed by atoms with van der Waals surface area (Å²) in [5.74, 6) is -1.38. The summed E-state index contributed by atoms with van der Waals surface area (Å²) in [6.07, 6.45) is 9.35. The Morgan fingerprint density at radius 2 is 1.56 bits per heavy atom. The van der Waals surface area contributed by atoms with Gasteiger partial charge in [-0.1, -0.05) is 50.7 Å². The average Bonchev–Trinajstić information content (AvgIpc) is 3.63. The zero-order valence-corrected chi connectivity index (χ0v) is 29.0. The Labute approximate surface area is 301 Å². The van der Waals surface area contributed by atoms with Crippen molar-refractivity contribution in [2.24, 2.45) is 0 Å². The number of imide groups is 2. The van der Waals surface area contributed by atoms with E-state index in [-0.39, 0.29) is 41.5 Å². The Hall–Kier alpha value is -5.59. The molecule has 0 saturated carbocycles. The molecule has 52 heavy (non-hydrogen) atoms. The van der Waals surface area contributed by atoms with Crippen LogP contribution >= 0.6 is 0 Å². The fourth-order valence-corrected chi connectivity index (χ4v) is 7.31. The molecule has 4 N–H and O–H groups in total. The molecule has 0 spiro atoms. The Bertz CT molecular complexity index is 2020. The predicted molar refractivity (Wildman–Crippen MR) is 193 cm³/mol. The van der Waals surface area contributed by atoms with Gasteiger partial charge in [-0.25, -0.2) is 0 Å². The highest BCUT2D eigenvalue weighted by Crippen LogP contribution is 2.33. The van der Waals surface area contributed by atoms with Gasteiger partial charge in [-0.05, 0) is 61.7 Å². The molecule has 0 radical (unpaired) electrons. The predicted octanol–water partition coefficient (Wildman–Crippen LogP) is 5.28. The van der Waals surface area contributed by atoms with Gasteiger partial charge >= 0.3 is 0 Å². The van der Waals surface area contributed by atoms with Crippen molar-refractivity contribution in [3.05, 3.63) is 71.4 Å². The van der Waals surface area contributed by atoms with Gasteiger partial charge in [0.25, 0.3) is 11.8 Å². The van der Waals surface area contributed by atoms with Crippen molar-refractivity contribution >= 4 is 46.3 Å². The molecule has 4 aromatic rings. The van der Waals surface area contributed by atoms with Crippen LogP contribution in [0.3, 0.4) is 0 Å². The zero-order chi connectivity index (χ0) is 36.2. The van der Waals surface area contributed by atoms with Crippen molar-refractivity contribution in [2.45, 2.75) is 82.6 Å². The molecule has 0 bridgehead atoms. The summed E-state index contributed by atoms with van der Waals surface area (Å²) >= 11 is 0. The standard InChI is InChI=1S/C39H43N7O6/c47-33-12-9-8-11-28(33)31-20-24-19-30(41-36(24)44-43-31)25-22-45(23-25)35(49)13-7-5-3-1-2-4-6-10-18-40-26-14-15-27-29(21-26)39(52)46(38(27)51)32-16-17-34(48)42-37(32)50/h8-9,11-12,14-15,19-21,25,32,40,47H,1-7,10,13,16-18,22-23H2,(H,41,44)(H,42,48,50). The SMILES string of the molecule is O=C1CCC(N2C(=O)c3ccc(NCCCCCCCCCCC(=O)N4CC(c5cc6cc(-c7ccccc7O)nnc6[nH]5)C4)cc3C2=O)C(=O)N1. The Morgan fingerprint density at radius 3 is 2.33 bits per heavy atom. The zero-order valence-electron chi connectivity index (χ0n) is 29.0. The maximum atomic E-state index is 13.0. The fraction of sp³-hybridized carbons (Fsp3) is 0.410. The number of hydrogen-bond acceptors (Lipinski definition) is 9. The number of nitrogens with zero attached hydrogens (tertiary/aromatic N) is 4. The van der Waals surface area contributed by atoms with Crippen molar-refractivity contribution in [2.75, 3.05) is 25.0 Å². The maximum Gasteiger partial charge on any atom is 0.262 e. The molecule has 2 saturated heterocycles. The van der Waals surface area contributed by atoms with Crippen LogP contribution in [0, 0.1) is 0 Å². The number of unbranched alkanes of at least 4 members (excludes halogenated alkanes) is 7. The molecule has 13 nitrogen and oxygen atoms in total. The van der Waals surface area contributed by atoms with Crippen LogP contribution in [0.2, 0.25) is 0 Å². The van der Waals surface area contributed by atoms with Crippen LogP contribution in [0.5, 0.6) is 5.75 Å². The molecular formula is C39H43N7O6. The van der Waals surface area contributed by atoms with Gasteiger partial charge in [-0.15, -0.1) is 10.2 Å². The van der Waals surface area contributed by atoms with Crippen LogP contribution < -0.4 is 10.6 Å². The first-order valence-corrected chi connectivity index (χ1v) is 18.3. The number of carbonyl (C=O) groups excluding carboxylic acids is 5. The van der Waals surface area contributed by atoms with E-state index in [4.69, 9.17) is 0 Å². The van der Waals surface area contributed by atoms with Crippen LogP contribution in [-0.2, 0) is 14.4 Å². The van der Waals surface area contributed by atoms with E-state index in [1.165, 1.54) is 0 Å². The monoisotopic (exact) mass is 705 g/mol. The lowest BCUT2D eigenvalue weighted by Crippen LogP contribution is -2.54. The summed E-state index contributed by atoms with van der Waals surface area (Å²) in [6, 6.07) is 15.2. The number of fused-ring (bicyclic) bond motifs is 2. The summed E-state index contributed by atoms with van der Waals surface area (Å²) in [7, 11) is 0. The molecule has 1 unspecified atom stereocenters. The number of piperidine rings is 1. The second-order valence-corrected chi connectivity index (χ2v) is 14.0. The highest BCUT2D eigenvalue weighted by Gasteiger charge is 2.44. The average molecular weight is 706 g/mol. The van der Waals surface area contributed by atoms with Gasteiger partial charge in [0.1, 0.15) is 11.8 Å². The Morgan fingerprint density at radius 1 is 0.827 bits per heavy atom. The summed E-state index contributed by atoms with van der Waals surface area (Å²) in [5, 5.41) is 25.2. The summed E-state index contributed by atoms with van der Waals surface area (Å²) in [4.78, 5) is 68.7. The second kappa shape index (κ2) is 15.3. The van der Waals surface area contributed by atoms with Gasteiger partial charge < -0.3 is 20.3 Å². The van der Waals surface area contributed by atoms with E-state index in [1.54, 1.807) is 30.3 Å². The number of amides is 5. The Kier molecular flexibility index (Phi) is 10.3. The fourth-order valence-electron chi connectivity index (χ4n) is 7.31. The number of rotatable bonds is 15. The van der Waals surface area contributed by atoms with E-state index in [0.29, 0.717) is 36.4 Å². The third-order valence-corrected chi connectivity index (χ3v) is 10.3. The first-order chi connectivity index (χ1) is 25.3.